The third kappa shape index (κ3) is 7.32. The monoisotopic (exact) mass is 891 g/mol. The Labute approximate surface area is 381 Å². The van der Waals surface area contributed by atoms with E-state index >= 15 is 0 Å². The first-order chi connectivity index (χ1) is 29.5. The second-order valence-electron chi connectivity index (χ2n) is 23.4. The molecule has 63 heavy (non-hydrogen) atoms. The van der Waals surface area contributed by atoms with Crippen LogP contribution in [0.5, 0.6) is 5.75 Å². The van der Waals surface area contributed by atoms with Gasteiger partial charge in [-0.2, -0.15) is 0 Å². The third-order valence-electron chi connectivity index (χ3n) is 19.7. The maximum absolute atomic E-state index is 14.3. The van der Waals surface area contributed by atoms with Gasteiger partial charge in [-0.3, -0.25) is 24.1 Å². The number of carboxylic acid groups (broad SMARTS) is 1. The van der Waals surface area contributed by atoms with Crippen LogP contribution in [0.15, 0.2) is 29.3 Å². The zero-order valence-electron chi connectivity index (χ0n) is 39.5. The van der Waals surface area contributed by atoms with Crippen LogP contribution in [0.1, 0.15) is 150 Å². The molecule has 0 spiro atoms. The summed E-state index contributed by atoms with van der Waals surface area (Å²) in [6, 6.07) is 5.06. The summed E-state index contributed by atoms with van der Waals surface area (Å²) in [5.41, 5.74) is 0.724. The maximum atomic E-state index is 14.3. The average molecular weight is 892 g/mol. The highest BCUT2D eigenvalue weighted by molar-refractivity contribution is 6.30. The van der Waals surface area contributed by atoms with Gasteiger partial charge in [0.1, 0.15) is 18.5 Å². The highest BCUT2D eigenvalue weighted by Crippen LogP contribution is 2.77. The quantitative estimate of drug-likeness (QED) is 0.175. The molecule has 5 saturated carbocycles. The van der Waals surface area contributed by atoms with Gasteiger partial charge in [-0.25, -0.2) is 0 Å². The molecule has 7 aliphatic rings. The van der Waals surface area contributed by atoms with E-state index in [0.29, 0.717) is 47.6 Å². The number of ether oxygens (including phenoxy) is 2. The van der Waals surface area contributed by atoms with Crippen molar-refractivity contribution in [2.24, 2.45) is 68.0 Å². The number of rotatable bonds is 12. The number of allylic oxidation sites excluding steroid dienone is 1. The Bertz CT molecular complexity index is 2040. The second-order valence-corrected chi connectivity index (χ2v) is 23.8. The first kappa shape index (κ1) is 46.6. The number of benzene rings is 1. The standard InChI is InChI=1S/C52H75ClN2O8/c1-30(2)42-36(56)28-52(40(57)29-54-44(58)32-13-12-31(53)26-37(32)62-25-24-55-22-10-11-23-55)21-20-50(8)33(43(42)52)14-15-39-49(7)18-17-41(48(5,6)38(49)16-19-51(39,50)9)63-46(61)35-27-34(45(59)60)47(35,3)4/h12-13,26,30,33-35,38-41,57H,10-11,14-25,27-29H2,1-9H3,(H,54,58)(H,59,60)/t33-,34+,35-,38+,39-,40+,41+,49+,50-,51-,52+/m1/s1. The largest absolute Gasteiger partial charge is 0.491 e. The Morgan fingerprint density at radius 3 is 2.27 bits per heavy atom. The van der Waals surface area contributed by atoms with Gasteiger partial charge in [-0.1, -0.05) is 79.5 Å². The summed E-state index contributed by atoms with van der Waals surface area (Å²) in [6.07, 6.45) is 9.19. The van der Waals surface area contributed by atoms with E-state index in [1.165, 1.54) is 18.4 Å². The lowest BCUT2D eigenvalue weighted by atomic mass is 9.33. The first-order valence-corrected chi connectivity index (χ1v) is 24.7. The number of Topliss-reactive ketones (excluding diaryl/α,β-unsaturated/α-hetero) is 1. The molecule has 6 fully saturated rings. The predicted molar refractivity (Wildman–Crippen MR) is 243 cm³/mol. The van der Waals surface area contributed by atoms with Gasteiger partial charge in [0.15, 0.2) is 5.78 Å². The number of esters is 1. The van der Waals surface area contributed by atoms with Crippen molar-refractivity contribution in [2.75, 3.05) is 32.8 Å². The van der Waals surface area contributed by atoms with Crippen LogP contribution in [0, 0.1) is 68.0 Å². The van der Waals surface area contributed by atoms with Crippen molar-refractivity contribution in [2.45, 2.75) is 152 Å². The average Bonchev–Trinajstić information content (AvgIpc) is 3.83. The number of amides is 1. The van der Waals surface area contributed by atoms with E-state index in [9.17, 15) is 29.4 Å². The summed E-state index contributed by atoms with van der Waals surface area (Å²) in [6.45, 7) is 23.5. The summed E-state index contributed by atoms with van der Waals surface area (Å²) in [5.74, 6) is -0.841. The molecule has 11 atom stereocenters. The topological polar surface area (TPSA) is 142 Å². The minimum absolute atomic E-state index is 0.0194. The van der Waals surface area contributed by atoms with Crippen molar-refractivity contribution in [3.8, 4) is 5.75 Å². The number of ketones is 1. The van der Waals surface area contributed by atoms with Crippen LogP contribution in [0.25, 0.3) is 0 Å². The molecule has 6 aliphatic carbocycles. The number of aliphatic hydroxyl groups excluding tert-OH is 1. The van der Waals surface area contributed by atoms with Crippen molar-refractivity contribution in [3.05, 3.63) is 39.9 Å². The summed E-state index contributed by atoms with van der Waals surface area (Å²) in [5, 5.41) is 25.7. The number of nitrogens with zero attached hydrogens (tertiary/aromatic N) is 1. The molecular weight excluding hydrogens is 816 g/mol. The first-order valence-electron chi connectivity index (χ1n) is 24.3. The number of aliphatic carboxylic acids is 1. The van der Waals surface area contributed by atoms with E-state index in [2.05, 4.69) is 58.7 Å². The van der Waals surface area contributed by atoms with Crippen LogP contribution in [-0.2, 0) is 19.1 Å². The molecular formula is C52H75ClN2O8. The second kappa shape index (κ2) is 16.4. The van der Waals surface area contributed by atoms with Gasteiger partial charge in [-0.15, -0.1) is 0 Å². The van der Waals surface area contributed by atoms with E-state index in [-0.39, 0.29) is 70.2 Å². The Kier molecular flexibility index (Phi) is 12.1. The molecule has 348 valence electrons. The van der Waals surface area contributed by atoms with Crippen molar-refractivity contribution in [1.82, 2.24) is 10.2 Å². The molecule has 0 aromatic heterocycles. The highest BCUT2D eigenvalue weighted by Gasteiger charge is 2.71. The van der Waals surface area contributed by atoms with E-state index in [1.54, 1.807) is 18.2 Å². The van der Waals surface area contributed by atoms with Gasteiger partial charge in [0.2, 0.25) is 0 Å². The van der Waals surface area contributed by atoms with E-state index in [0.717, 1.165) is 70.2 Å². The summed E-state index contributed by atoms with van der Waals surface area (Å²) in [7, 11) is 0. The van der Waals surface area contributed by atoms with Crippen LogP contribution in [-0.4, -0.2) is 83.7 Å². The number of halogens is 1. The smallest absolute Gasteiger partial charge is 0.309 e. The van der Waals surface area contributed by atoms with E-state index in [4.69, 9.17) is 21.1 Å². The molecule has 1 amide bonds. The molecule has 11 heteroatoms. The number of hydrogen-bond donors (Lipinski definition) is 3. The third-order valence-corrected chi connectivity index (χ3v) is 19.9. The van der Waals surface area contributed by atoms with Gasteiger partial charge in [0.25, 0.3) is 5.91 Å². The highest BCUT2D eigenvalue weighted by atomic mass is 35.5. The number of fused-ring (bicyclic) bond motifs is 7. The van der Waals surface area contributed by atoms with Crippen LogP contribution < -0.4 is 10.1 Å². The predicted octanol–water partition coefficient (Wildman–Crippen LogP) is 9.54. The minimum Gasteiger partial charge on any atom is -0.491 e. The molecule has 1 aromatic rings. The molecule has 1 aliphatic heterocycles. The zero-order chi connectivity index (χ0) is 45.7. The summed E-state index contributed by atoms with van der Waals surface area (Å²) < 4.78 is 12.6. The molecule has 8 rings (SSSR count). The number of carbonyl (C=O) groups is 4. The zero-order valence-corrected chi connectivity index (χ0v) is 40.3. The number of nitrogens with one attached hydrogen (secondary N) is 1. The number of carbonyl (C=O) groups excluding carboxylic acids is 3. The van der Waals surface area contributed by atoms with Crippen molar-refractivity contribution < 1.29 is 38.9 Å². The summed E-state index contributed by atoms with van der Waals surface area (Å²) >= 11 is 6.37. The molecule has 1 aromatic carbocycles. The number of aliphatic hydroxyl groups is 1. The molecule has 1 saturated heterocycles. The van der Waals surface area contributed by atoms with E-state index in [1.807, 2.05) is 13.8 Å². The van der Waals surface area contributed by atoms with Gasteiger partial charge >= 0.3 is 11.9 Å². The van der Waals surface area contributed by atoms with E-state index < -0.39 is 34.7 Å². The van der Waals surface area contributed by atoms with Gasteiger partial charge in [0, 0.05) is 35.4 Å². The lowest BCUT2D eigenvalue weighted by molar-refractivity contribution is -0.238. The minimum atomic E-state index is -0.939. The van der Waals surface area contributed by atoms with Crippen LogP contribution in [0.3, 0.4) is 0 Å². The molecule has 0 bridgehead atoms. The van der Waals surface area contributed by atoms with Crippen LogP contribution >= 0.6 is 11.6 Å². The SMILES string of the molecule is CC(C)C1=C2[C@H]3CC[C@@H]4[C@@]5(C)CC[C@H](OC(=O)[C@H]6C[C@@H](C(=O)O)C6(C)C)C(C)(C)[C@@H]5CC[C@@]4(C)[C@]3(C)CC[C@@]2([C@@H](O)CNC(=O)c2ccc(Cl)cc2OCCN2CCCC2)CC1=O. The van der Waals surface area contributed by atoms with Gasteiger partial charge in [-0.05, 0) is 153 Å². The fraction of sp³-hybridized carbons (Fsp3) is 0.769. The van der Waals surface area contributed by atoms with Gasteiger partial charge < -0.3 is 25.0 Å². The van der Waals surface area contributed by atoms with Crippen molar-refractivity contribution in [1.29, 1.82) is 0 Å². The Morgan fingerprint density at radius 2 is 1.60 bits per heavy atom. The Morgan fingerprint density at radius 1 is 0.889 bits per heavy atom. The lowest BCUT2D eigenvalue weighted by Crippen LogP contribution is -2.66. The molecule has 1 heterocycles. The Balaban J connectivity index is 1.00. The molecule has 0 radical (unpaired) electrons. The number of likely N-dealkylation sites (tertiary alicyclic amines) is 1. The van der Waals surface area contributed by atoms with Crippen molar-refractivity contribution >= 4 is 35.2 Å². The number of hydrogen-bond acceptors (Lipinski definition) is 8. The fourth-order valence-electron chi connectivity index (χ4n) is 15.8. The van der Waals surface area contributed by atoms with Crippen molar-refractivity contribution in [3.63, 3.8) is 0 Å². The van der Waals surface area contributed by atoms with Crippen LogP contribution in [0.2, 0.25) is 5.02 Å². The molecule has 3 N–H and O–H groups in total. The van der Waals surface area contributed by atoms with Gasteiger partial charge in [0.05, 0.1) is 23.5 Å². The maximum Gasteiger partial charge on any atom is 0.309 e. The number of carboxylic acids is 1. The molecule has 0 unspecified atom stereocenters. The lowest BCUT2D eigenvalue weighted by Gasteiger charge is -2.72. The molecule has 10 nitrogen and oxygen atoms in total. The summed E-state index contributed by atoms with van der Waals surface area (Å²) in [4.78, 5) is 56.0. The fourth-order valence-corrected chi connectivity index (χ4v) is 16.0. The Hall–Kier alpha value is -2.95. The van der Waals surface area contributed by atoms with Crippen LogP contribution in [0.4, 0.5) is 0 Å². The normalized spacial score (nSPS) is 38.4.